The lowest BCUT2D eigenvalue weighted by atomic mass is 10.1. The Morgan fingerprint density at radius 3 is 2.56 bits per heavy atom. The summed E-state index contributed by atoms with van der Waals surface area (Å²) in [4.78, 5) is 27.0. The van der Waals surface area contributed by atoms with Gasteiger partial charge in [-0.2, -0.15) is 5.10 Å². The zero-order valence-corrected chi connectivity index (χ0v) is 22.2. The minimum Gasteiger partial charge on any atom is -0.493 e. The molecule has 0 aliphatic carbocycles. The van der Waals surface area contributed by atoms with Crippen molar-refractivity contribution in [3.63, 3.8) is 0 Å². The summed E-state index contributed by atoms with van der Waals surface area (Å²) in [6, 6.07) is 19.6. The Bertz CT molecular complexity index is 1510. The molecular formula is C30H28ClN3O5. The van der Waals surface area contributed by atoms with Crippen molar-refractivity contribution in [1.29, 1.82) is 0 Å². The molecule has 1 aromatic heterocycles. The number of carbonyl (C=O) groups excluding carboxylic acids is 2. The molecule has 0 spiro atoms. The Morgan fingerprint density at radius 1 is 1.00 bits per heavy atom. The summed E-state index contributed by atoms with van der Waals surface area (Å²) in [6.45, 7) is 1.97. The van der Waals surface area contributed by atoms with Crippen LogP contribution in [0.25, 0.3) is 11.0 Å². The van der Waals surface area contributed by atoms with Gasteiger partial charge in [0.25, 0.3) is 5.91 Å². The summed E-state index contributed by atoms with van der Waals surface area (Å²) < 4.78 is 17.0. The van der Waals surface area contributed by atoms with Crippen molar-refractivity contribution >= 4 is 40.6 Å². The molecule has 8 nitrogen and oxygen atoms in total. The van der Waals surface area contributed by atoms with Crippen LogP contribution < -0.4 is 14.9 Å². The highest BCUT2D eigenvalue weighted by atomic mass is 35.5. The molecule has 4 aromatic rings. The van der Waals surface area contributed by atoms with Crippen molar-refractivity contribution in [1.82, 2.24) is 10.3 Å². The van der Waals surface area contributed by atoms with E-state index in [1.807, 2.05) is 29.2 Å². The highest BCUT2D eigenvalue weighted by Crippen LogP contribution is 2.28. The maximum absolute atomic E-state index is 12.7. The van der Waals surface area contributed by atoms with E-state index in [0.29, 0.717) is 39.8 Å². The molecule has 5 rings (SSSR count). The number of hydrazone groups is 1. The maximum atomic E-state index is 12.7. The van der Waals surface area contributed by atoms with Crippen molar-refractivity contribution in [3.05, 3.63) is 94.2 Å². The predicted molar refractivity (Wildman–Crippen MR) is 150 cm³/mol. The van der Waals surface area contributed by atoms with E-state index in [4.69, 9.17) is 25.5 Å². The molecule has 1 aliphatic heterocycles. The highest BCUT2D eigenvalue weighted by Gasteiger charge is 2.18. The van der Waals surface area contributed by atoms with Crippen molar-refractivity contribution in [2.24, 2.45) is 5.10 Å². The molecule has 0 unspecified atom stereocenters. The van der Waals surface area contributed by atoms with E-state index in [1.54, 1.807) is 49.6 Å². The van der Waals surface area contributed by atoms with Crippen molar-refractivity contribution in [2.45, 2.75) is 25.9 Å². The molecule has 0 bridgehead atoms. The summed E-state index contributed by atoms with van der Waals surface area (Å²) >= 11 is 5.99. The summed E-state index contributed by atoms with van der Waals surface area (Å²) in [5, 5.41) is 5.32. The zero-order chi connectivity index (χ0) is 27.2. The van der Waals surface area contributed by atoms with Gasteiger partial charge in [-0.15, -0.1) is 0 Å². The molecule has 0 atom stereocenters. The summed E-state index contributed by atoms with van der Waals surface area (Å²) in [7, 11) is 1.56. The number of hydrogen-bond acceptors (Lipinski definition) is 6. The van der Waals surface area contributed by atoms with Crippen LogP contribution in [-0.4, -0.2) is 43.1 Å². The molecular weight excluding hydrogens is 518 g/mol. The van der Waals surface area contributed by atoms with Crippen LogP contribution in [0.15, 0.2) is 76.2 Å². The maximum Gasteiger partial charge on any atom is 0.307 e. The first kappa shape index (κ1) is 26.3. The van der Waals surface area contributed by atoms with Gasteiger partial charge in [0.05, 0.1) is 13.3 Å². The van der Waals surface area contributed by atoms with Gasteiger partial charge < -0.3 is 18.8 Å². The smallest absolute Gasteiger partial charge is 0.307 e. The number of nitrogens with zero attached hydrogens (tertiary/aromatic N) is 2. The van der Waals surface area contributed by atoms with Crippen LogP contribution in [0.4, 0.5) is 0 Å². The standard InChI is InChI=1S/C30H28ClN3O5/c1-37-27-15-21(18-32-33-29(35)28-17-23-16-24(31)10-12-25(23)39-28)7-11-26(27)38-19-20-5-8-22(9-6-20)30(36)34-13-3-2-4-14-34/h5-12,15-18H,2-4,13-14,19H2,1H3,(H,33,35)/b32-18-. The Morgan fingerprint density at radius 2 is 1.79 bits per heavy atom. The molecule has 1 saturated heterocycles. The normalized spacial score (nSPS) is 13.5. The summed E-state index contributed by atoms with van der Waals surface area (Å²) in [5.41, 5.74) is 5.36. The van der Waals surface area contributed by atoms with E-state index >= 15 is 0 Å². The van der Waals surface area contributed by atoms with Gasteiger partial charge in [0.1, 0.15) is 12.2 Å². The number of likely N-dealkylation sites (tertiary alicyclic amines) is 1. The molecule has 1 aliphatic rings. The largest absolute Gasteiger partial charge is 0.493 e. The summed E-state index contributed by atoms with van der Waals surface area (Å²) in [5.74, 6) is 0.827. The van der Waals surface area contributed by atoms with Crippen LogP contribution in [0.5, 0.6) is 11.5 Å². The number of nitrogens with one attached hydrogen (secondary N) is 1. The van der Waals surface area contributed by atoms with Gasteiger partial charge in [-0.25, -0.2) is 5.43 Å². The number of piperidine rings is 1. The number of carbonyl (C=O) groups is 2. The van der Waals surface area contributed by atoms with Crippen molar-refractivity contribution < 1.29 is 23.5 Å². The number of halogens is 1. The molecule has 3 aromatic carbocycles. The van der Waals surface area contributed by atoms with Gasteiger partial charge in [-0.1, -0.05) is 23.7 Å². The lowest BCUT2D eigenvalue weighted by Crippen LogP contribution is -2.35. The number of rotatable bonds is 8. The Kier molecular flexibility index (Phi) is 8.13. The number of furan rings is 1. The topological polar surface area (TPSA) is 93.4 Å². The minimum absolute atomic E-state index is 0.0831. The Hall–Kier alpha value is -4.30. The van der Waals surface area contributed by atoms with Gasteiger partial charge in [0.15, 0.2) is 17.3 Å². The average Bonchev–Trinajstić information content (AvgIpc) is 3.40. The first-order chi connectivity index (χ1) is 19.0. The first-order valence-electron chi connectivity index (χ1n) is 12.7. The molecule has 39 heavy (non-hydrogen) atoms. The van der Waals surface area contributed by atoms with Gasteiger partial charge in [-0.3, -0.25) is 9.59 Å². The molecule has 200 valence electrons. The van der Waals surface area contributed by atoms with Gasteiger partial charge in [0.2, 0.25) is 0 Å². The van der Waals surface area contributed by atoms with Gasteiger partial charge in [0, 0.05) is 29.1 Å². The van der Waals surface area contributed by atoms with E-state index in [2.05, 4.69) is 10.5 Å². The Labute approximate surface area is 231 Å². The fourth-order valence-electron chi connectivity index (χ4n) is 4.41. The third-order valence-electron chi connectivity index (χ3n) is 6.51. The third kappa shape index (κ3) is 6.41. The van der Waals surface area contributed by atoms with E-state index in [0.717, 1.165) is 36.9 Å². The fraction of sp³-hybridized carbons (Fsp3) is 0.233. The average molecular weight is 546 g/mol. The number of fused-ring (bicyclic) bond motifs is 1. The quantitative estimate of drug-likeness (QED) is 0.214. The molecule has 2 heterocycles. The van der Waals surface area contributed by atoms with E-state index in [9.17, 15) is 9.59 Å². The van der Waals surface area contributed by atoms with Crippen LogP contribution >= 0.6 is 11.6 Å². The molecule has 2 amide bonds. The van der Waals surface area contributed by atoms with E-state index in [-0.39, 0.29) is 11.7 Å². The molecule has 0 saturated carbocycles. The second-order valence-corrected chi connectivity index (χ2v) is 9.68. The SMILES string of the molecule is COc1cc(/C=N\NC(=O)c2cc3cc(Cl)ccc3o2)ccc1OCc1ccc(C(=O)N2CCCCC2)cc1. The van der Waals surface area contributed by atoms with Gasteiger partial charge in [-0.05, 0) is 85.0 Å². The number of ether oxygens (including phenoxy) is 2. The third-order valence-corrected chi connectivity index (χ3v) is 6.74. The monoisotopic (exact) mass is 545 g/mol. The molecule has 1 fully saturated rings. The fourth-order valence-corrected chi connectivity index (χ4v) is 4.60. The van der Waals surface area contributed by atoms with Crippen molar-refractivity contribution in [2.75, 3.05) is 20.2 Å². The number of hydrogen-bond donors (Lipinski definition) is 1. The van der Waals surface area contributed by atoms with Crippen molar-refractivity contribution in [3.8, 4) is 11.5 Å². The highest BCUT2D eigenvalue weighted by molar-refractivity contribution is 6.31. The predicted octanol–water partition coefficient (Wildman–Crippen LogP) is 6.06. The zero-order valence-electron chi connectivity index (χ0n) is 21.5. The van der Waals surface area contributed by atoms with Crippen LogP contribution in [0.2, 0.25) is 5.02 Å². The minimum atomic E-state index is -0.478. The lowest BCUT2D eigenvalue weighted by Gasteiger charge is -2.26. The van der Waals surface area contributed by atoms with Crippen LogP contribution in [0.3, 0.4) is 0 Å². The number of amides is 2. The second-order valence-electron chi connectivity index (χ2n) is 9.24. The van der Waals surface area contributed by atoms with Gasteiger partial charge >= 0.3 is 5.91 Å². The molecule has 9 heteroatoms. The van der Waals surface area contributed by atoms with Crippen LogP contribution in [-0.2, 0) is 6.61 Å². The molecule has 0 radical (unpaired) electrons. The van der Waals surface area contributed by atoms with Crippen LogP contribution in [0, 0.1) is 0 Å². The Balaban J connectivity index is 1.17. The lowest BCUT2D eigenvalue weighted by molar-refractivity contribution is 0.0724. The first-order valence-corrected chi connectivity index (χ1v) is 13.1. The number of benzene rings is 3. The summed E-state index contributed by atoms with van der Waals surface area (Å²) in [6.07, 6.45) is 4.82. The molecule has 1 N–H and O–H groups in total. The number of methoxy groups -OCH3 is 1. The second kappa shape index (κ2) is 12.0. The van der Waals surface area contributed by atoms with E-state index < -0.39 is 5.91 Å². The van der Waals surface area contributed by atoms with E-state index in [1.165, 1.54) is 12.6 Å². The van der Waals surface area contributed by atoms with Crippen LogP contribution in [0.1, 0.15) is 51.3 Å².